The topological polar surface area (TPSA) is 0 Å². The SMILES string of the molecule is CCCCC1=[C-]C([Si]2(C)CCC2)=CC1.CCCCC1=[C-]C([Si]2(C)CCC2)=CC1.[Cl-].[Cl-].[Ti+4]. The molecule has 5 heteroatoms. The molecule has 2 heterocycles. The summed E-state index contributed by atoms with van der Waals surface area (Å²) in [6, 6.07) is 6.08. The first-order valence-corrected chi connectivity index (χ1v) is 18.0. The van der Waals surface area contributed by atoms with E-state index < -0.39 is 16.1 Å². The summed E-state index contributed by atoms with van der Waals surface area (Å²) < 4.78 is 0. The van der Waals surface area contributed by atoms with E-state index >= 15 is 0 Å². The van der Waals surface area contributed by atoms with E-state index in [1.165, 1.54) is 88.4 Å². The van der Waals surface area contributed by atoms with E-state index in [0.717, 1.165) is 0 Å². The molecule has 0 aromatic rings. The van der Waals surface area contributed by atoms with Crippen LogP contribution in [0.5, 0.6) is 0 Å². The molecule has 0 aromatic carbocycles. The first-order chi connectivity index (χ1) is 13.5. The van der Waals surface area contributed by atoms with Crippen LogP contribution in [-0.2, 0) is 21.7 Å². The first kappa shape index (κ1) is 31.7. The quantitative estimate of drug-likeness (QED) is 0.335. The van der Waals surface area contributed by atoms with Crippen LogP contribution in [0.15, 0.2) is 33.7 Å². The molecule has 0 atom stereocenters. The summed E-state index contributed by atoms with van der Waals surface area (Å²) in [7, 11) is -1.83. The molecule has 0 nitrogen and oxygen atoms in total. The summed E-state index contributed by atoms with van der Waals surface area (Å²) in [6.45, 7) is 9.62. The second-order valence-electron chi connectivity index (χ2n) is 10.1. The molecule has 0 spiro atoms. The minimum atomic E-state index is -0.916. The summed E-state index contributed by atoms with van der Waals surface area (Å²) in [4.78, 5) is 0. The van der Waals surface area contributed by atoms with Gasteiger partial charge in [-0.1, -0.05) is 115 Å². The summed E-state index contributed by atoms with van der Waals surface area (Å²) in [5.74, 6) is 0. The minimum Gasteiger partial charge on any atom is -1.00 e. The predicted octanol–water partition coefficient (Wildman–Crippen LogP) is 2.52. The maximum Gasteiger partial charge on any atom is 4.00 e. The van der Waals surface area contributed by atoms with Gasteiger partial charge in [0.05, 0.1) is 0 Å². The van der Waals surface area contributed by atoms with Crippen LogP contribution in [0.2, 0.25) is 37.3 Å². The van der Waals surface area contributed by atoms with Gasteiger partial charge in [0.25, 0.3) is 0 Å². The van der Waals surface area contributed by atoms with E-state index in [2.05, 4.69) is 51.2 Å². The summed E-state index contributed by atoms with van der Waals surface area (Å²) in [6.07, 6.45) is 25.7. The van der Waals surface area contributed by atoms with Crippen molar-refractivity contribution in [2.45, 2.75) is 115 Å². The zero-order valence-electron chi connectivity index (χ0n) is 20.3. The van der Waals surface area contributed by atoms with Crippen LogP contribution in [0.4, 0.5) is 0 Å². The maximum atomic E-state index is 3.71. The van der Waals surface area contributed by atoms with Gasteiger partial charge >= 0.3 is 21.7 Å². The first-order valence-electron chi connectivity index (χ1n) is 12.1. The van der Waals surface area contributed by atoms with Crippen molar-refractivity contribution in [2.24, 2.45) is 0 Å². The number of hydrogen-bond acceptors (Lipinski definition) is 0. The molecule has 0 aromatic heterocycles. The molecule has 2 saturated heterocycles. The molecule has 2 aliphatic heterocycles. The van der Waals surface area contributed by atoms with Crippen LogP contribution in [0, 0.1) is 12.2 Å². The summed E-state index contributed by atoms with van der Waals surface area (Å²) in [5, 5.41) is 3.32. The molecule has 0 unspecified atom stereocenters. The zero-order chi connectivity index (χ0) is 20.0. The number of unbranched alkanes of at least 4 members (excludes halogenated alkanes) is 2. The number of halogens is 2. The third-order valence-electron chi connectivity index (χ3n) is 7.61. The second-order valence-corrected chi connectivity index (χ2v) is 19.5. The van der Waals surface area contributed by atoms with Crippen molar-refractivity contribution in [2.75, 3.05) is 0 Å². The monoisotopic (exact) mass is 528 g/mol. The normalized spacial score (nSPS) is 21.8. The molecule has 0 saturated carbocycles. The molecule has 4 aliphatic rings. The van der Waals surface area contributed by atoms with Gasteiger partial charge in [0, 0.05) is 16.1 Å². The Labute approximate surface area is 222 Å². The number of allylic oxidation sites excluding steroid dienone is 8. The Kier molecular flexibility index (Phi) is 15.2. The van der Waals surface area contributed by atoms with E-state index in [0.29, 0.717) is 0 Å². The van der Waals surface area contributed by atoms with Crippen LogP contribution in [0.25, 0.3) is 0 Å². The Balaban J connectivity index is 0.000000529. The Morgan fingerprint density at radius 1 is 0.710 bits per heavy atom. The Bertz CT molecular complexity index is 613. The molecule has 0 bridgehead atoms. The molecule has 0 N–H and O–H groups in total. The van der Waals surface area contributed by atoms with E-state index in [1.807, 2.05) is 0 Å². The van der Waals surface area contributed by atoms with Crippen molar-refractivity contribution in [3.63, 3.8) is 0 Å². The summed E-state index contributed by atoms with van der Waals surface area (Å²) in [5.41, 5.74) is 3.17. The molecular weight excluding hydrogens is 487 g/mol. The van der Waals surface area contributed by atoms with E-state index in [4.69, 9.17) is 0 Å². The Morgan fingerprint density at radius 3 is 1.32 bits per heavy atom. The van der Waals surface area contributed by atoms with Crippen molar-refractivity contribution < 1.29 is 46.5 Å². The van der Waals surface area contributed by atoms with Gasteiger partial charge in [-0.05, 0) is 0 Å². The molecule has 31 heavy (non-hydrogen) atoms. The zero-order valence-corrected chi connectivity index (χ0v) is 25.4. The second kappa shape index (κ2) is 14.8. The van der Waals surface area contributed by atoms with Gasteiger partial charge in [0.1, 0.15) is 0 Å². The van der Waals surface area contributed by atoms with Gasteiger partial charge in [-0.25, -0.2) is 22.5 Å². The van der Waals surface area contributed by atoms with Crippen LogP contribution >= 0.6 is 0 Å². The van der Waals surface area contributed by atoms with Gasteiger partial charge < -0.3 is 24.8 Å². The largest absolute Gasteiger partial charge is 4.00 e. The van der Waals surface area contributed by atoms with Crippen LogP contribution in [-0.4, -0.2) is 16.1 Å². The minimum absolute atomic E-state index is 0. The number of rotatable bonds is 8. The van der Waals surface area contributed by atoms with Gasteiger partial charge in [-0.2, -0.15) is 11.1 Å². The van der Waals surface area contributed by atoms with Gasteiger partial charge in [-0.15, -0.1) is 0 Å². The van der Waals surface area contributed by atoms with Crippen molar-refractivity contribution in [3.05, 3.63) is 45.8 Å². The average molecular weight is 530 g/mol. The smallest absolute Gasteiger partial charge is 1.00 e. The third kappa shape index (κ3) is 8.44. The Hall–Kier alpha value is 0.688. The fraction of sp³-hybridized carbons (Fsp3) is 0.692. The van der Waals surface area contributed by atoms with Crippen molar-refractivity contribution in [1.82, 2.24) is 0 Å². The molecular formula is C26H42Cl2Si2Ti. The third-order valence-corrected chi connectivity index (χ3v) is 16.7. The predicted molar refractivity (Wildman–Crippen MR) is 130 cm³/mol. The van der Waals surface area contributed by atoms with Gasteiger partial charge in [0.15, 0.2) is 0 Å². The van der Waals surface area contributed by atoms with Crippen LogP contribution in [0.1, 0.15) is 78.1 Å². The van der Waals surface area contributed by atoms with Gasteiger partial charge in [0.2, 0.25) is 0 Å². The van der Waals surface area contributed by atoms with Crippen molar-refractivity contribution >= 4 is 16.1 Å². The van der Waals surface area contributed by atoms with Crippen molar-refractivity contribution in [3.8, 4) is 0 Å². The fourth-order valence-electron chi connectivity index (χ4n) is 4.89. The molecule has 0 radical (unpaired) electrons. The van der Waals surface area contributed by atoms with E-state index in [1.54, 1.807) is 21.5 Å². The molecule has 4 rings (SSSR count). The molecule has 2 fully saturated rings. The molecule has 172 valence electrons. The van der Waals surface area contributed by atoms with E-state index in [9.17, 15) is 0 Å². The van der Waals surface area contributed by atoms with E-state index in [-0.39, 0.29) is 46.5 Å². The van der Waals surface area contributed by atoms with Crippen LogP contribution in [0.3, 0.4) is 0 Å². The molecule has 0 amide bonds. The summed E-state index contributed by atoms with van der Waals surface area (Å²) >= 11 is 0. The van der Waals surface area contributed by atoms with Crippen molar-refractivity contribution in [1.29, 1.82) is 0 Å². The molecule has 2 aliphatic carbocycles. The maximum absolute atomic E-state index is 3.71. The van der Waals surface area contributed by atoms with Crippen LogP contribution < -0.4 is 24.8 Å². The number of hydrogen-bond donors (Lipinski definition) is 0. The average Bonchev–Trinajstić information content (AvgIpc) is 3.31. The fourth-order valence-corrected chi connectivity index (χ4v) is 10.9. The standard InChI is InChI=1S/2C13H21Si.2ClH.Ti/c2*1-3-4-6-12-7-8-13(11-12)14(2)9-5-10-14;;;/h2*8H,3-7,9-10H2,1-2H3;2*1H;/q2*-1;;;+4/p-2. The van der Waals surface area contributed by atoms with Gasteiger partial charge in [-0.3, -0.25) is 12.2 Å². The Morgan fingerprint density at radius 2 is 1.06 bits per heavy atom.